The highest BCUT2D eigenvalue weighted by atomic mass is 35.5. The van der Waals surface area contributed by atoms with E-state index >= 15 is 0 Å². The first-order chi connectivity index (χ1) is 13.9. The number of anilines is 1. The van der Waals surface area contributed by atoms with Gasteiger partial charge in [-0.15, -0.1) is 0 Å². The van der Waals surface area contributed by atoms with Crippen molar-refractivity contribution in [3.05, 3.63) is 87.9 Å². The maximum Gasteiger partial charge on any atom is 0.262 e. The van der Waals surface area contributed by atoms with Crippen molar-refractivity contribution in [2.24, 2.45) is 4.99 Å². The summed E-state index contributed by atoms with van der Waals surface area (Å²) in [6.45, 7) is 5.92. The van der Waals surface area contributed by atoms with Gasteiger partial charge in [-0.3, -0.25) is 9.79 Å². The van der Waals surface area contributed by atoms with Crippen LogP contribution in [-0.4, -0.2) is 18.7 Å². The number of rotatable bonds is 6. The lowest BCUT2D eigenvalue weighted by molar-refractivity contribution is -0.118. The number of benzene rings is 3. The fourth-order valence-corrected chi connectivity index (χ4v) is 2.85. The van der Waals surface area contributed by atoms with Crippen LogP contribution in [0.1, 0.15) is 22.3 Å². The molecule has 3 aromatic carbocycles. The van der Waals surface area contributed by atoms with Gasteiger partial charge in [0.05, 0.1) is 5.69 Å². The van der Waals surface area contributed by atoms with E-state index in [9.17, 15) is 4.79 Å². The number of hydrogen-bond donors (Lipinski definition) is 1. The Morgan fingerprint density at radius 1 is 1.00 bits per heavy atom. The summed E-state index contributed by atoms with van der Waals surface area (Å²) in [5.74, 6) is 0.372. The zero-order valence-electron chi connectivity index (χ0n) is 16.7. The highest BCUT2D eigenvalue weighted by Crippen LogP contribution is 2.21. The molecular formula is C24H23ClN2O2. The van der Waals surface area contributed by atoms with E-state index < -0.39 is 0 Å². The highest BCUT2D eigenvalue weighted by molar-refractivity contribution is 6.31. The van der Waals surface area contributed by atoms with Crippen molar-refractivity contribution in [1.82, 2.24) is 0 Å². The third-order valence-electron chi connectivity index (χ3n) is 4.42. The number of nitrogens with one attached hydrogen (secondary N) is 1. The first kappa shape index (κ1) is 20.6. The van der Waals surface area contributed by atoms with E-state index in [2.05, 4.69) is 28.5 Å². The van der Waals surface area contributed by atoms with E-state index in [1.807, 2.05) is 63.4 Å². The Morgan fingerprint density at radius 2 is 1.72 bits per heavy atom. The summed E-state index contributed by atoms with van der Waals surface area (Å²) in [6.07, 6.45) is 1.82. The number of ether oxygens (including phenoxy) is 1. The molecule has 0 aliphatic rings. The van der Waals surface area contributed by atoms with Crippen LogP contribution in [0.5, 0.6) is 5.75 Å². The molecule has 0 aliphatic heterocycles. The van der Waals surface area contributed by atoms with E-state index in [-0.39, 0.29) is 12.5 Å². The fraction of sp³-hybridized carbons (Fsp3) is 0.167. The van der Waals surface area contributed by atoms with Crippen LogP contribution in [0.25, 0.3) is 0 Å². The normalized spacial score (nSPS) is 10.9. The maximum absolute atomic E-state index is 12.1. The lowest BCUT2D eigenvalue weighted by Gasteiger charge is -2.09. The summed E-state index contributed by atoms with van der Waals surface area (Å²) >= 11 is 6.07. The molecule has 0 atom stereocenters. The zero-order valence-corrected chi connectivity index (χ0v) is 17.5. The summed E-state index contributed by atoms with van der Waals surface area (Å²) in [7, 11) is 0. The molecule has 0 bridgehead atoms. The maximum atomic E-state index is 12.1. The van der Waals surface area contributed by atoms with Crippen molar-refractivity contribution in [2.45, 2.75) is 20.8 Å². The number of hydrogen-bond acceptors (Lipinski definition) is 3. The monoisotopic (exact) mass is 406 g/mol. The molecule has 0 spiro atoms. The van der Waals surface area contributed by atoms with Gasteiger partial charge in [-0.1, -0.05) is 29.8 Å². The minimum atomic E-state index is -0.245. The fourth-order valence-electron chi connectivity index (χ4n) is 2.67. The molecule has 148 valence electrons. The Kier molecular flexibility index (Phi) is 6.68. The molecule has 3 aromatic rings. The van der Waals surface area contributed by atoms with Gasteiger partial charge < -0.3 is 10.1 Å². The second kappa shape index (κ2) is 9.39. The third kappa shape index (κ3) is 5.93. The Bertz CT molecular complexity index is 1040. The molecule has 1 amide bonds. The van der Waals surface area contributed by atoms with Crippen LogP contribution in [0.15, 0.2) is 65.7 Å². The molecule has 0 aromatic heterocycles. The molecule has 4 nitrogen and oxygen atoms in total. The number of halogens is 1. The second-order valence-electron chi connectivity index (χ2n) is 6.92. The molecule has 29 heavy (non-hydrogen) atoms. The van der Waals surface area contributed by atoms with Gasteiger partial charge in [-0.05, 0) is 85.5 Å². The van der Waals surface area contributed by atoms with Gasteiger partial charge >= 0.3 is 0 Å². The minimum Gasteiger partial charge on any atom is -0.484 e. The van der Waals surface area contributed by atoms with E-state index in [0.29, 0.717) is 16.5 Å². The first-order valence-corrected chi connectivity index (χ1v) is 9.69. The van der Waals surface area contributed by atoms with E-state index in [1.54, 1.807) is 6.07 Å². The Labute approximate surface area is 176 Å². The Balaban J connectivity index is 1.54. The third-order valence-corrected chi connectivity index (χ3v) is 4.83. The zero-order chi connectivity index (χ0) is 20.8. The van der Waals surface area contributed by atoms with Crippen molar-refractivity contribution in [3.8, 4) is 5.75 Å². The van der Waals surface area contributed by atoms with Crippen molar-refractivity contribution >= 4 is 35.1 Å². The molecular weight excluding hydrogens is 384 g/mol. The molecule has 3 rings (SSSR count). The number of aliphatic imine (C=N–C) groups is 1. The van der Waals surface area contributed by atoms with Crippen molar-refractivity contribution in [2.75, 3.05) is 11.9 Å². The smallest absolute Gasteiger partial charge is 0.262 e. The largest absolute Gasteiger partial charge is 0.484 e. The van der Waals surface area contributed by atoms with Gasteiger partial charge in [0.25, 0.3) is 5.91 Å². The summed E-state index contributed by atoms with van der Waals surface area (Å²) in [5, 5.41) is 3.38. The molecule has 0 unspecified atom stereocenters. The summed E-state index contributed by atoms with van der Waals surface area (Å²) in [6, 6.07) is 19.0. The minimum absolute atomic E-state index is 0.0819. The molecule has 0 saturated heterocycles. The van der Waals surface area contributed by atoms with Crippen molar-refractivity contribution in [3.63, 3.8) is 0 Å². The molecule has 0 fully saturated rings. The lowest BCUT2D eigenvalue weighted by Crippen LogP contribution is -2.20. The standard InChI is InChI=1S/C24H23ClN2O2/c1-16-4-5-18(3)23(12-16)26-14-19-7-10-21(11-8-19)29-15-24(28)27-20-9-6-17(2)22(25)13-20/h4-14H,15H2,1-3H3,(H,27,28). The lowest BCUT2D eigenvalue weighted by atomic mass is 10.1. The first-order valence-electron chi connectivity index (χ1n) is 9.31. The molecule has 0 heterocycles. The number of aryl methyl sites for hydroxylation is 3. The highest BCUT2D eigenvalue weighted by Gasteiger charge is 2.05. The van der Waals surface area contributed by atoms with Crippen LogP contribution < -0.4 is 10.1 Å². The number of nitrogens with zero attached hydrogens (tertiary/aromatic N) is 1. The number of amides is 1. The van der Waals surface area contributed by atoms with E-state index in [1.165, 1.54) is 5.56 Å². The number of carbonyl (C=O) groups is 1. The van der Waals surface area contributed by atoms with Gasteiger partial charge in [-0.2, -0.15) is 0 Å². The Hall–Kier alpha value is -3.11. The van der Waals surface area contributed by atoms with Crippen LogP contribution in [0.2, 0.25) is 5.02 Å². The summed E-state index contributed by atoms with van der Waals surface area (Å²) in [5.41, 5.74) is 5.83. The average molecular weight is 407 g/mol. The van der Waals surface area contributed by atoms with Gasteiger partial charge in [0, 0.05) is 16.9 Å². The molecule has 0 saturated carbocycles. The van der Waals surface area contributed by atoms with E-state index in [4.69, 9.17) is 16.3 Å². The van der Waals surface area contributed by atoms with Crippen molar-refractivity contribution < 1.29 is 9.53 Å². The second-order valence-corrected chi connectivity index (χ2v) is 7.33. The topological polar surface area (TPSA) is 50.7 Å². The van der Waals surface area contributed by atoms with Gasteiger partial charge in [-0.25, -0.2) is 0 Å². The van der Waals surface area contributed by atoms with E-state index in [0.717, 1.165) is 22.4 Å². The van der Waals surface area contributed by atoms with Crippen LogP contribution in [-0.2, 0) is 4.79 Å². The van der Waals surface area contributed by atoms with Crippen LogP contribution in [0, 0.1) is 20.8 Å². The molecule has 1 N–H and O–H groups in total. The SMILES string of the molecule is Cc1ccc(C)c(N=Cc2ccc(OCC(=O)Nc3ccc(C)c(Cl)c3)cc2)c1. The van der Waals surface area contributed by atoms with Crippen LogP contribution >= 0.6 is 11.6 Å². The summed E-state index contributed by atoms with van der Waals surface area (Å²) in [4.78, 5) is 16.6. The number of carbonyl (C=O) groups excluding carboxylic acids is 1. The predicted octanol–water partition coefficient (Wildman–Crippen LogP) is 6.03. The molecule has 0 radical (unpaired) electrons. The average Bonchev–Trinajstić information content (AvgIpc) is 2.71. The quantitative estimate of drug-likeness (QED) is 0.508. The van der Waals surface area contributed by atoms with Gasteiger partial charge in [0.15, 0.2) is 6.61 Å². The van der Waals surface area contributed by atoms with Gasteiger partial charge in [0.1, 0.15) is 5.75 Å². The van der Waals surface area contributed by atoms with Gasteiger partial charge in [0.2, 0.25) is 0 Å². The molecule has 5 heteroatoms. The van der Waals surface area contributed by atoms with Crippen molar-refractivity contribution in [1.29, 1.82) is 0 Å². The van der Waals surface area contributed by atoms with Crippen LogP contribution in [0.3, 0.4) is 0 Å². The van der Waals surface area contributed by atoms with Crippen LogP contribution in [0.4, 0.5) is 11.4 Å². The predicted molar refractivity (Wildman–Crippen MR) is 120 cm³/mol. The summed E-state index contributed by atoms with van der Waals surface area (Å²) < 4.78 is 5.56. The Morgan fingerprint density at radius 3 is 2.45 bits per heavy atom. The molecule has 0 aliphatic carbocycles.